The first kappa shape index (κ1) is 15.6. The fraction of sp³-hybridized carbons (Fsp3) is 0.333. The maximum absolute atomic E-state index is 12.8. The molecule has 0 aliphatic rings. The van der Waals surface area contributed by atoms with Gasteiger partial charge in [-0.3, -0.25) is 0 Å². The standard InChI is InChI=1S/C18H19F3/c1-13-7-9-14(10-8-13)12-17(2,3)15-5-4-6-16(11-15)18(19,20)21/h4-11H,12H2,1-3H3. The van der Waals surface area contributed by atoms with Crippen LogP contribution in [0.1, 0.15) is 36.1 Å². The molecule has 3 heteroatoms. The molecule has 0 saturated heterocycles. The summed E-state index contributed by atoms with van der Waals surface area (Å²) in [6.45, 7) is 5.96. The Morgan fingerprint density at radius 1 is 0.857 bits per heavy atom. The SMILES string of the molecule is Cc1ccc(CC(C)(C)c2cccc(C(F)(F)F)c2)cc1. The van der Waals surface area contributed by atoms with Crippen molar-refractivity contribution in [2.45, 2.75) is 38.8 Å². The Hall–Kier alpha value is -1.77. The van der Waals surface area contributed by atoms with Gasteiger partial charge < -0.3 is 0 Å². The van der Waals surface area contributed by atoms with Crippen molar-refractivity contribution < 1.29 is 13.2 Å². The highest BCUT2D eigenvalue weighted by Gasteiger charge is 2.32. The molecular formula is C18H19F3. The molecule has 0 radical (unpaired) electrons. The quantitative estimate of drug-likeness (QED) is 0.697. The average Bonchev–Trinajstić information content (AvgIpc) is 2.40. The van der Waals surface area contributed by atoms with Crippen LogP contribution in [0, 0.1) is 6.92 Å². The van der Waals surface area contributed by atoms with E-state index < -0.39 is 11.7 Å². The zero-order valence-corrected chi connectivity index (χ0v) is 12.5. The molecule has 0 fully saturated rings. The molecule has 2 rings (SSSR count). The van der Waals surface area contributed by atoms with E-state index in [-0.39, 0.29) is 5.41 Å². The van der Waals surface area contributed by atoms with E-state index in [9.17, 15) is 13.2 Å². The molecule has 0 nitrogen and oxygen atoms in total. The molecule has 21 heavy (non-hydrogen) atoms. The molecular weight excluding hydrogens is 273 g/mol. The van der Waals surface area contributed by atoms with E-state index in [1.807, 2.05) is 45.0 Å². The first-order valence-corrected chi connectivity index (χ1v) is 6.92. The lowest BCUT2D eigenvalue weighted by Gasteiger charge is -2.26. The van der Waals surface area contributed by atoms with Crippen LogP contribution in [0.25, 0.3) is 0 Å². The lowest BCUT2D eigenvalue weighted by atomic mass is 9.78. The molecule has 0 unspecified atom stereocenters. The minimum absolute atomic E-state index is 0.351. The second kappa shape index (κ2) is 5.55. The van der Waals surface area contributed by atoms with Gasteiger partial charge in [-0.05, 0) is 36.0 Å². The van der Waals surface area contributed by atoms with Gasteiger partial charge >= 0.3 is 6.18 Å². The van der Waals surface area contributed by atoms with E-state index in [0.717, 1.165) is 11.6 Å². The highest BCUT2D eigenvalue weighted by atomic mass is 19.4. The minimum Gasteiger partial charge on any atom is -0.166 e. The molecule has 0 N–H and O–H groups in total. The monoisotopic (exact) mass is 292 g/mol. The van der Waals surface area contributed by atoms with Crippen molar-refractivity contribution in [3.8, 4) is 0 Å². The first-order valence-electron chi connectivity index (χ1n) is 6.92. The summed E-state index contributed by atoms with van der Waals surface area (Å²) >= 11 is 0. The summed E-state index contributed by atoms with van der Waals surface area (Å²) < 4.78 is 38.5. The molecule has 0 bridgehead atoms. The molecule has 0 amide bonds. The molecule has 0 aliphatic carbocycles. The molecule has 0 aliphatic heterocycles. The van der Waals surface area contributed by atoms with Gasteiger partial charge in [0.2, 0.25) is 0 Å². The van der Waals surface area contributed by atoms with Crippen LogP contribution in [0.4, 0.5) is 13.2 Å². The van der Waals surface area contributed by atoms with Gasteiger partial charge in [0.1, 0.15) is 0 Å². The molecule has 0 atom stereocenters. The van der Waals surface area contributed by atoms with Crippen LogP contribution in [-0.4, -0.2) is 0 Å². The van der Waals surface area contributed by atoms with Crippen LogP contribution >= 0.6 is 0 Å². The number of aryl methyl sites for hydroxylation is 1. The first-order chi connectivity index (χ1) is 9.68. The molecule has 0 aromatic heterocycles. The van der Waals surface area contributed by atoms with Crippen LogP contribution in [0.5, 0.6) is 0 Å². The van der Waals surface area contributed by atoms with Crippen LogP contribution < -0.4 is 0 Å². The van der Waals surface area contributed by atoms with Gasteiger partial charge in [-0.15, -0.1) is 0 Å². The van der Waals surface area contributed by atoms with E-state index in [1.165, 1.54) is 17.7 Å². The smallest absolute Gasteiger partial charge is 0.166 e. The second-order valence-corrected chi connectivity index (χ2v) is 6.12. The summed E-state index contributed by atoms with van der Waals surface area (Å²) in [6, 6.07) is 13.7. The van der Waals surface area contributed by atoms with E-state index >= 15 is 0 Å². The third kappa shape index (κ3) is 3.87. The Labute approximate surface area is 123 Å². The highest BCUT2D eigenvalue weighted by molar-refractivity contribution is 5.33. The fourth-order valence-corrected chi connectivity index (χ4v) is 2.43. The highest BCUT2D eigenvalue weighted by Crippen LogP contribution is 2.34. The Bertz CT molecular complexity index is 607. The predicted octanol–water partition coefficient (Wildman–Crippen LogP) is 5.53. The zero-order chi connectivity index (χ0) is 15.7. The van der Waals surface area contributed by atoms with Crippen molar-refractivity contribution in [3.05, 3.63) is 70.8 Å². The summed E-state index contributed by atoms with van der Waals surface area (Å²) in [6.07, 6.45) is -3.59. The summed E-state index contributed by atoms with van der Waals surface area (Å²) in [5.41, 5.74) is 2.07. The summed E-state index contributed by atoms with van der Waals surface area (Å²) in [5.74, 6) is 0. The largest absolute Gasteiger partial charge is 0.416 e. The van der Waals surface area contributed by atoms with Crippen molar-refractivity contribution in [2.75, 3.05) is 0 Å². The van der Waals surface area contributed by atoms with Crippen molar-refractivity contribution in [1.82, 2.24) is 0 Å². The maximum atomic E-state index is 12.8. The van der Waals surface area contributed by atoms with Gasteiger partial charge in [0.05, 0.1) is 5.56 Å². The van der Waals surface area contributed by atoms with E-state index in [4.69, 9.17) is 0 Å². The molecule has 0 saturated carbocycles. The maximum Gasteiger partial charge on any atom is 0.416 e. The van der Waals surface area contributed by atoms with Gasteiger partial charge in [0.25, 0.3) is 0 Å². The lowest BCUT2D eigenvalue weighted by molar-refractivity contribution is -0.137. The third-order valence-electron chi connectivity index (χ3n) is 3.74. The van der Waals surface area contributed by atoms with Crippen LogP contribution in [-0.2, 0) is 18.0 Å². The van der Waals surface area contributed by atoms with Gasteiger partial charge in [-0.25, -0.2) is 0 Å². The van der Waals surface area contributed by atoms with Crippen LogP contribution in [0.15, 0.2) is 48.5 Å². The van der Waals surface area contributed by atoms with Crippen LogP contribution in [0.2, 0.25) is 0 Å². The molecule has 0 heterocycles. The third-order valence-corrected chi connectivity index (χ3v) is 3.74. The molecule has 2 aromatic rings. The zero-order valence-electron chi connectivity index (χ0n) is 12.5. The normalized spacial score (nSPS) is 12.5. The van der Waals surface area contributed by atoms with Gasteiger partial charge in [0.15, 0.2) is 0 Å². The van der Waals surface area contributed by atoms with Crippen molar-refractivity contribution in [1.29, 1.82) is 0 Å². The Morgan fingerprint density at radius 2 is 1.43 bits per heavy atom. The Morgan fingerprint density at radius 3 is 2.00 bits per heavy atom. The number of benzene rings is 2. The van der Waals surface area contributed by atoms with E-state index in [1.54, 1.807) is 6.07 Å². The Kier molecular flexibility index (Phi) is 4.13. The number of alkyl halides is 3. The van der Waals surface area contributed by atoms with Crippen molar-refractivity contribution in [2.24, 2.45) is 0 Å². The Balaban J connectivity index is 2.28. The number of hydrogen-bond acceptors (Lipinski definition) is 0. The lowest BCUT2D eigenvalue weighted by Crippen LogP contribution is -2.21. The van der Waals surface area contributed by atoms with Crippen molar-refractivity contribution >= 4 is 0 Å². The minimum atomic E-state index is -4.30. The van der Waals surface area contributed by atoms with Gasteiger partial charge in [-0.1, -0.05) is 61.9 Å². The van der Waals surface area contributed by atoms with E-state index in [2.05, 4.69) is 0 Å². The summed E-state index contributed by atoms with van der Waals surface area (Å²) in [4.78, 5) is 0. The molecule has 0 spiro atoms. The topological polar surface area (TPSA) is 0 Å². The summed E-state index contributed by atoms with van der Waals surface area (Å²) in [7, 11) is 0. The molecule has 2 aromatic carbocycles. The number of hydrogen-bond donors (Lipinski definition) is 0. The van der Waals surface area contributed by atoms with E-state index in [0.29, 0.717) is 12.0 Å². The summed E-state index contributed by atoms with van der Waals surface area (Å²) in [5, 5.41) is 0. The number of rotatable bonds is 3. The van der Waals surface area contributed by atoms with Crippen molar-refractivity contribution in [3.63, 3.8) is 0 Å². The van der Waals surface area contributed by atoms with Gasteiger partial charge in [-0.2, -0.15) is 13.2 Å². The number of halogens is 3. The molecule has 112 valence electrons. The van der Waals surface area contributed by atoms with Gasteiger partial charge in [0, 0.05) is 0 Å². The predicted molar refractivity (Wildman–Crippen MR) is 79.4 cm³/mol. The van der Waals surface area contributed by atoms with Crippen LogP contribution in [0.3, 0.4) is 0 Å². The second-order valence-electron chi connectivity index (χ2n) is 6.12. The average molecular weight is 292 g/mol. The fourth-order valence-electron chi connectivity index (χ4n) is 2.43.